The number of anilines is 2. The lowest BCUT2D eigenvalue weighted by atomic mass is 10.2. The molecule has 1 amide bonds. The van der Waals surface area contributed by atoms with E-state index in [9.17, 15) is 4.79 Å². The van der Waals surface area contributed by atoms with E-state index in [0.717, 1.165) is 24.7 Å². The standard InChI is InChI=1S/C18H23N5O2/c1-2-25-18(24)23-10-8-22(9-11-23)17-12-16(20-14-21-17)19-13-15-6-4-3-5-7-15/h3-7,12,14H,2,8-11,13H2,1H3,(H,19,20,21). The summed E-state index contributed by atoms with van der Waals surface area (Å²) in [6, 6.07) is 12.1. The van der Waals surface area contributed by atoms with E-state index in [0.29, 0.717) is 26.2 Å². The van der Waals surface area contributed by atoms with Gasteiger partial charge in [-0.2, -0.15) is 0 Å². The summed E-state index contributed by atoms with van der Waals surface area (Å²) in [4.78, 5) is 24.3. The van der Waals surface area contributed by atoms with Crippen LogP contribution in [0.25, 0.3) is 0 Å². The van der Waals surface area contributed by atoms with Gasteiger partial charge in [0.1, 0.15) is 18.0 Å². The van der Waals surface area contributed by atoms with Crippen LogP contribution >= 0.6 is 0 Å². The van der Waals surface area contributed by atoms with Crippen molar-refractivity contribution in [1.29, 1.82) is 0 Å². The summed E-state index contributed by atoms with van der Waals surface area (Å²) in [5, 5.41) is 3.32. The lowest BCUT2D eigenvalue weighted by Crippen LogP contribution is -2.49. The lowest BCUT2D eigenvalue weighted by Gasteiger charge is -2.34. The number of piperazine rings is 1. The molecule has 1 fully saturated rings. The molecular formula is C18H23N5O2. The van der Waals surface area contributed by atoms with Gasteiger partial charge >= 0.3 is 6.09 Å². The number of benzene rings is 1. The maximum absolute atomic E-state index is 11.8. The van der Waals surface area contributed by atoms with Gasteiger partial charge in [0, 0.05) is 38.8 Å². The molecule has 1 aromatic heterocycles. The fourth-order valence-electron chi connectivity index (χ4n) is 2.74. The van der Waals surface area contributed by atoms with Gasteiger partial charge in [-0.3, -0.25) is 0 Å². The molecule has 0 bridgehead atoms. The van der Waals surface area contributed by atoms with Crippen molar-refractivity contribution < 1.29 is 9.53 Å². The minimum Gasteiger partial charge on any atom is -0.450 e. The third kappa shape index (κ3) is 4.59. The Morgan fingerprint density at radius 2 is 1.92 bits per heavy atom. The van der Waals surface area contributed by atoms with E-state index < -0.39 is 0 Å². The Labute approximate surface area is 147 Å². The number of carbonyl (C=O) groups excluding carboxylic acids is 1. The first-order chi connectivity index (χ1) is 12.3. The zero-order valence-corrected chi connectivity index (χ0v) is 14.4. The Hall–Kier alpha value is -2.83. The van der Waals surface area contributed by atoms with E-state index in [1.807, 2.05) is 31.2 Å². The third-order valence-corrected chi connectivity index (χ3v) is 4.10. The summed E-state index contributed by atoms with van der Waals surface area (Å²) in [5.41, 5.74) is 1.20. The average Bonchev–Trinajstić information content (AvgIpc) is 2.68. The van der Waals surface area contributed by atoms with Crippen LogP contribution in [-0.2, 0) is 11.3 Å². The zero-order chi connectivity index (χ0) is 17.5. The Morgan fingerprint density at radius 1 is 1.16 bits per heavy atom. The van der Waals surface area contributed by atoms with Crippen LogP contribution in [0.4, 0.5) is 16.4 Å². The summed E-state index contributed by atoms with van der Waals surface area (Å²) in [5.74, 6) is 1.66. The highest BCUT2D eigenvalue weighted by atomic mass is 16.6. The molecule has 1 N–H and O–H groups in total. The van der Waals surface area contributed by atoms with Crippen molar-refractivity contribution in [1.82, 2.24) is 14.9 Å². The normalized spacial score (nSPS) is 14.3. The predicted octanol–water partition coefficient (Wildman–Crippen LogP) is 2.37. The highest BCUT2D eigenvalue weighted by Crippen LogP contribution is 2.17. The molecule has 0 saturated carbocycles. The molecule has 25 heavy (non-hydrogen) atoms. The molecule has 1 aliphatic heterocycles. The van der Waals surface area contributed by atoms with Crippen LogP contribution in [0.1, 0.15) is 12.5 Å². The Balaban J connectivity index is 1.56. The zero-order valence-electron chi connectivity index (χ0n) is 14.4. The summed E-state index contributed by atoms with van der Waals surface area (Å²) in [7, 11) is 0. The van der Waals surface area contributed by atoms with Crippen LogP contribution in [0, 0.1) is 0 Å². The molecule has 0 radical (unpaired) electrons. The van der Waals surface area contributed by atoms with Gasteiger partial charge in [0.2, 0.25) is 0 Å². The molecular weight excluding hydrogens is 318 g/mol. The molecule has 2 heterocycles. The highest BCUT2D eigenvalue weighted by Gasteiger charge is 2.22. The van der Waals surface area contributed by atoms with E-state index in [4.69, 9.17) is 4.74 Å². The van der Waals surface area contributed by atoms with Crippen LogP contribution in [0.5, 0.6) is 0 Å². The van der Waals surface area contributed by atoms with Gasteiger partial charge in [-0.15, -0.1) is 0 Å². The summed E-state index contributed by atoms with van der Waals surface area (Å²) in [6.07, 6.45) is 1.33. The molecule has 1 aliphatic rings. The van der Waals surface area contributed by atoms with Gasteiger partial charge in [0.05, 0.1) is 6.61 Å². The van der Waals surface area contributed by atoms with Gasteiger partial charge in [-0.05, 0) is 12.5 Å². The van der Waals surface area contributed by atoms with Crippen LogP contribution < -0.4 is 10.2 Å². The largest absolute Gasteiger partial charge is 0.450 e. The summed E-state index contributed by atoms with van der Waals surface area (Å²) < 4.78 is 5.05. The number of aromatic nitrogens is 2. The lowest BCUT2D eigenvalue weighted by molar-refractivity contribution is 0.105. The SMILES string of the molecule is CCOC(=O)N1CCN(c2cc(NCc3ccccc3)ncn2)CC1. The minimum absolute atomic E-state index is 0.241. The number of hydrogen-bond acceptors (Lipinski definition) is 6. The van der Waals surface area contributed by atoms with Crippen molar-refractivity contribution in [3.63, 3.8) is 0 Å². The Morgan fingerprint density at radius 3 is 2.64 bits per heavy atom. The number of hydrogen-bond donors (Lipinski definition) is 1. The second kappa shape index (κ2) is 8.32. The minimum atomic E-state index is -0.241. The van der Waals surface area contributed by atoms with Crippen molar-refractivity contribution >= 4 is 17.7 Å². The molecule has 0 atom stereocenters. The second-order valence-electron chi connectivity index (χ2n) is 5.77. The fraction of sp³-hybridized carbons (Fsp3) is 0.389. The molecule has 3 rings (SSSR count). The maximum atomic E-state index is 11.8. The monoisotopic (exact) mass is 341 g/mol. The summed E-state index contributed by atoms with van der Waals surface area (Å²) in [6.45, 7) is 5.67. The van der Waals surface area contributed by atoms with Crippen molar-refractivity contribution in [3.8, 4) is 0 Å². The molecule has 0 unspecified atom stereocenters. The molecule has 7 nitrogen and oxygen atoms in total. The summed E-state index contributed by atoms with van der Waals surface area (Å²) >= 11 is 0. The first-order valence-electron chi connectivity index (χ1n) is 8.52. The van der Waals surface area contributed by atoms with Crippen molar-refractivity contribution in [2.45, 2.75) is 13.5 Å². The van der Waals surface area contributed by atoms with Gasteiger partial charge in [-0.1, -0.05) is 30.3 Å². The van der Waals surface area contributed by atoms with Crippen LogP contribution in [0.2, 0.25) is 0 Å². The topological polar surface area (TPSA) is 70.6 Å². The number of carbonyl (C=O) groups is 1. The number of ether oxygens (including phenoxy) is 1. The quantitative estimate of drug-likeness (QED) is 0.900. The number of nitrogens with zero attached hydrogens (tertiary/aromatic N) is 4. The maximum Gasteiger partial charge on any atom is 0.409 e. The van der Waals surface area contributed by atoms with E-state index in [-0.39, 0.29) is 6.09 Å². The van der Waals surface area contributed by atoms with Crippen LogP contribution in [0.15, 0.2) is 42.7 Å². The van der Waals surface area contributed by atoms with E-state index in [1.165, 1.54) is 5.56 Å². The molecule has 0 spiro atoms. The highest BCUT2D eigenvalue weighted by molar-refractivity contribution is 5.68. The fourth-order valence-corrected chi connectivity index (χ4v) is 2.74. The number of nitrogens with one attached hydrogen (secondary N) is 1. The van der Waals surface area contributed by atoms with Crippen LogP contribution in [-0.4, -0.2) is 53.7 Å². The molecule has 132 valence electrons. The van der Waals surface area contributed by atoms with Gasteiger partial charge in [0.25, 0.3) is 0 Å². The van der Waals surface area contributed by atoms with Crippen molar-refractivity contribution in [2.75, 3.05) is 43.0 Å². The van der Waals surface area contributed by atoms with Crippen molar-refractivity contribution in [2.24, 2.45) is 0 Å². The van der Waals surface area contributed by atoms with E-state index in [1.54, 1.807) is 11.2 Å². The molecule has 0 aliphatic carbocycles. The van der Waals surface area contributed by atoms with Gasteiger partial charge in [-0.25, -0.2) is 14.8 Å². The van der Waals surface area contributed by atoms with Gasteiger partial charge < -0.3 is 19.9 Å². The van der Waals surface area contributed by atoms with Crippen molar-refractivity contribution in [3.05, 3.63) is 48.3 Å². The van der Waals surface area contributed by atoms with Gasteiger partial charge in [0.15, 0.2) is 0 Å². The predicted molar refractivity (Wildman–Crippen MR) is 96.6 cm³/mol. The van der Waals surface area contributed by atoms with E-state index in [2.05, 4.69) is 32.3 Å². The second-order valence-corrected chi connectivity index (χ2v) is 5.77. The first-order valence-corrected chi connectivity index (χ1v) is 8.52. The molecule has 2 aromatic rings. The Kier molecular flexibility index (Phi) is 5.66. The molecule has 1 aromatic carbocycles. The van der Waals surface area contributed by atoms with E-state index >= 15 is 0 Å². The molecule has 1 saturated heterocycles. The number of rotatable bonds is 5. The smallest absolute Gasteiger partial charge is 0.409 e. The third-order valence-electron chi connectivity index (χ3n) is 4.10. The Bertz CT molecular complexity index is 687. The number of amides is 1. The first kappa shape index (κ1) is 17.0. The van der Waals surface area contributed by atoms with Crippen LogP contribution in [0.3, 0.4) is 0 Å². The molecule has 7 heteroatoms. The average molecular weight is 341 g/mol.